The number of nitrogens with zero attached hydrogens (tertiary/aromatic N) is 2. The van der Waals surface area contributed by atoms with E-state index in [0.29, 0.717) is 6.42 Å². The highest BCUT2D eigenvalue weighted by Crippen LogP contribution is 2.24. The average molecular weight is 316 g/mol. The molecule has 0 aromatic heterocycles. The first kappa shape index (κ1) is 16.3. The number of carbonyl (C=O) groups is 1. The van der Waals surface area contributed by atoms with Crippen molar-refractivity contribution in [1.29, 1.82) is 0 Å². The number of hydrogen-bond acceptors (Lipinski definition) is 3. The summed E-state index contributed by atoms with van der Waals surface area (Å²) in [4.78, 5) is 16.2. The number of amides is 1. The molecule has 2 saturated heterocycles. The van der Waals surface area contributed by atoms with Crippen molar-refractivity contribution in [3.63, 3.8) is 0 Å². The highest BCUT2D eigenvalue weighted by Gasteiger charge is 2.21. The van der Waals surface area contributed by atoms with Gasteiger partial charge in [-0.25, -0.2) is 0 Å². The second kappa shape index (κ2) is 7.82. The number of benzene rings is 1. The van der Waals surface area contributed by atoms with E-state index in [2.05, 4.69) is 11.8 Å². The molecule has 1 aromatic rings. The summed E-state index contributed by atoms with van der Waals surface area (Å²) < 4.78 is 5.84. The van der Waals surface area contributed by atoms with Crippen LogP contribution in [0.4, 0.5) is 5.69 Å². The number of piperidine rings is 1. The van der Waals surface area contributed by atoms with Crippen molar-refractivity contribution in [3.05, 3.63) is 24.3 Å². The zero-order valence-electron chi connectivity index (χ0n) is 14.2. The van der Waals surface area contributed by atoms with Gasteiger partial charge in [0, 0.05) is 31.7 Å². The fourth-order valence-corrected chi connectivity index (χ4v) is 3.61. The first-order valence-electron chi connectivity index (χ1n) is 8.98. The van der Waals surface area contributed by atoms with Crippen molar-refractivity contribution in [2.75, 3.05) is 37.7 Å². The summed E-state index contributed by atoms with van der Waals surface area (Å²) in [5.41, 5.74) is 0.988. The monoisotopic (exact) mass is 316 g/mol. The van der Waals surface area contributed by atoms with Crippen molar-refractivity contribution in [2.24, 2.45) is 5.92 Å². The SMILES string of the molecule is CC1CCCN(CCCOc2ccc(N3CCCC3=O)cc2)C1. The molecule has 1 unspecified atom stereocenters. The lowest BCUT2D eigenvalue weighted by Crippen LogP contribution is -2.35. The summed E-state index contributed by atoms with van der Waals surface area (Å²) in [5, 5.41) is 0. The van der Waals surface area contributed by atoms with Gasteiger partial charge >= 0.3 is 0 Å². The van der Waals surface area contributed by atoms with Crippen molar-refractivity contribution in [3.8, 4) is 5.75 Å². The van der Waals surface area contributed by atoms with E-state index >= 15 is 0 Å². The van der Waals surface area contributed by atoms with Crippen LogP contribution in [0.25, 0.3) is 0 Å². The molecular weight excluding hydrogens is 288 g/mol. The Balaban J connectivity index is 1.39. The van der Waals surface area contributed by atoms with Crippen molar-refractivity contribution < 1.29 is 9.53 Å². The van der Waals surface area contributed by atoms with Crippen LogP contribution in [-0.2, 0) is 4.79 Å². The van der Waals surface area contributed by atoms with E-state index in [-0.39, 0.29) is 5.91 Å². The van der Waals surface area contributed by atoms with Gasteiger partial charge in [0.1, 0.15) is 5.75 Å². The smallest absolute Gasteiger partial charge is 0.227 e. The third-order valence-electron chi connectivity index (χ3n) is 4.85. The molecule has 0 spiro atoms. The predicted octanol–water partition coefficient (Wildman–Crippen LogP) is 3.31. The number of ether oxygens (including phenoxy) is 1. The molecule has 4 nitrogen and oxygen atoms in total. The Labute approximate surface area is 139 Å². The summed E-state index contributed by atoms with van der Waals surface area (Å²) in [6, 6.07) is 7.93. The molecule has 1 amide bonds. The molecule has 126 valence electrons. The summed E-state index contributed by atoms with van der Waals surface area (Å²) in [6.07, 6.45) is 5.41. The van der Waals surface area contributed by atoms with E-state index in [0.717, 1.165) is 49.9 Å². The predicted molar refractivity (Wildman–Crippen MR) is 93.0 cm³/mol. The summed E-state index contributed by atoms with van der Waals surface area (Å²) >= 11 is 0. The van der Waals surface area contributed by atoms with E-state index in [1.165, 1.54) is 25.9 Å². The van der Waals surface area contributed by atoms with E-state index in [9.17, 15) is 4.79 Å². The Bertz CT molecular complexity index is 515. The van der Waals surface area contributed by atoms with Crippen LogP contribution < -0.4 is 9.64 Å². The standard InChI is InChI=1S/C19H28N2O2/c1-16-5-2-11-20(15-16)12-4-14-23-18-9-7-17(8-10-18)21-13-3-6-19(21)22/h7-10,16H,2-6,11-15H2,1H3. The van der Waals surface area contributed by atoms with Gasteiger partial charge in [0.25, 0.3) is 0 Å². The molecule has 0 bridgehead atoms. The molecule has 1 atom stereocenters. The van der Waals surface area contributed by atoms with Crippen LogP contribution in [0.2, 0.25) is 0 Å². The maximum atomic E-state index is 11.7. The van der Waals surface area contributed by atoms with Crippen molar-refractivity contribution in [2.45, 2.75) is 39.0 Å². The number of hydrogen-bond donors (Lipinski definition) is 0. The van der Waals surface area contributed by atoms with Gasteiger partial charge in [0.2, 0.25) is 5.91 Å². The van der Waals surface area contributed by atoms with Gasteiger partial charge < -0.3 is 14.5 Å². The maximum Gasteiger partial charge on any atom is 0.227 e. The number of anilines is 1. The van der Waals surface area contributed by atoms with Crippen molar-refractivity contribution >= 4 is 11.6 Å². The fraction of sp³-hybridized carbons (Fsp3) is 0.632. The van der Waals surface area contributed by atoms with E-state index in [1.807, 2.05) is 29.2 Å². The van der Waals surface area contributed by atoms with Gasteiger partial charge in [-0.3, -0.25) is 4.79 Å². The molecule has 2 aliphatic rings. The zero-order valence-corrected chi connectivity index (χ0v) is 14.2. The van der Waals surface area contributed by atoms with Gasteiger partial charge in [-0.15, -0.1) is 0 Å². The first-order chi connectivity index (χ1) is 11.2. The number of likely N-dealkylation sites (tertiary alicyclic amines) is 1. The lowest BCUT2D eigenvalue weighted by Gasteiger charge is -2.30. The highest BCUT2D eigenvalue weighted by molar-refractivity contribution is 5.95. The third kappa shape index (κ3) is 4.47. The van der Waals surface area contributed by atoms with Gasteiger partial charge in [-0.2, -0.15) is 0 Å². The molecule has 2 heterocycles. The van der Waals surface area contributed by atoms with Crippen LogP contribution in [0.5, 0.6) is 5.75 Å². The van der Waals surface area contributed by atoms with Crippen LogP contribution in [0.3, 0.4) is 0 Å². The molecule has 0 radical (unpaired) electrons. The minimum Gasteiger partial charge on any atom is -0.494 e. The van der Waals surface area contributed by atoms with Gasteiger partial charge in [-0.1, -0.05) is 6.92 Å². The number of rotatable bonds is 6. The molecule has 0 saturated carbocycles. The topological polar surface area (TPSA) is 32.8 Å². The van der Waals surface area contributed by atoms with Gasteiger partial charge in [-0.05, 0) is 62.4 Å². The molecule has 0 N–H and O–H groups in total. The van der Waals surface area contributed by atoms with Gasteiger partial charge in [0.15, 0.2) is 0 Å². The second-order valence-corrected chi connectivity index (χ2v) is 6.89. The lowest BCUT2D eigenvalue weighted by molar-refractivity contribution is -0.117. The fourth-order valence-electron chi connectivity index (χ4n) is 3.61. The average Bonchev–Trinajstić information content (AvgIpc) is 2.98. The quantitative estimate of drug-likeness (QED) is 0.755. The summed E-state index contributed by atoms with van der Waals surface area (Å²) in [6.45, 7) is 7.54. The van der Waals surface area contributed by atoms with E-state index in [4.69, 9.17) is 4.74 Å². The Hall–Kier alpha value is -1.55. The van der Waals surface area contributed by atoms with Crippen LogP contribution in [0.15, 0.2) is 24.3 Å². The van der Waals surface area contributed by atoms with Crippen LogP contribution >= 0.6 is 0 Å². The molecule has 1 aromatic carbocycles. The molecular formula is C19H28N2O2. The van der Waals surface area contributed by atoms with E-state index in [1.54, 1.807) is 0 Å². The minimum atomic E-state index is 0.231. The normalized spacial score (nSPS) is 22.6. The molecule has 0 aliphatic carbocycles. The Morgan fingerprint density at radius 3 is 2.70 bits per heavy atom. The Morgan fingerprint density at radius 2 is 2.00 bits per heavy atom. The van der Waals surface area contributed by atoms with E-state index < -0.39 is 0 Å². The molecule has 4 heteroatoms. The molecule has 23 heavy (non-hydrogen) atoms. The largest absolute Gasteiger partial charge is 0.494 e. The summed E-state index contributed by atoms with van der Waals surface area (Å²) in [7, 11) is 0. The third-order valence-corrected chi connectivity index (χ3v) is 4.85. The van der Waals surface area contributed by atoms with Crippen LogP contribution in [0.1, 0.15) is 39.0 Å². The van der Waals surface area contributed by atoms with Gasteiger partial charge in [0.05, 0.1) is 6.61 Å². The highest BCUT2D eigenvalue weighted by atomic mass is 16.5. The lowest BCUT2D eigenvalue weighted by atomic mass is 10.0. The van der Waals surface area contributed by atoms with Crippen LogP contribution in [-0.4, -0.2) is 43.6 Å². The van der Waals surface area contributed by atoms with Crippen molar-refractivity contribution in [1.82, 2.24) is 4.90 Å². The zero-order chi connectivity index (χ0) is 16.1. The Morgan fingerprint density at radius 1 is 1.17 bits per heavy atom. The summed E-state index contributed by atoms with van der Waals surface area (Å²) in [5.74, 6) is 1.97. The first-order valence-corrected chi connectivity index (χ1v) is 8.98. The maximum absolute atomic E-state index is 11.7. The minimum absolute atomic E-state index is 0.231. The molecule has 3 rings (SSSR count). The molecule has 2 fully saturated rings. The number of carbonyl (C=O) groups excluding carboxylic acids is 1. The van der Waals surface area contributed by atoms with Crippen LogP contribution in [0, 0.1) is 5.92 Å². The Kier molecular flexibility index (Phi) is 5.55. The second-order valence-electron chi connectivity index (χ2n) is 6.89. The molecule has 2 aliphatic heterocycles.